The number of nitrogens with zero attached hydrogens (tertiary/aromatic N) is 1. The van der Waals surface area contributed by atoms with Crippen LogP contribution >= 0.6 is 0 Å². The van der Waals surface area contributed by atoms with Gasteiger partial charge in [0.1, 0.15) is 5.75 Å². The van der Waals surface area contributed by atoms with Crippen LogP contribution in [0.15, 0.2) is 36.4 Å². The molecular formula is C18H20N2O6. The number of nitrogens with one attached hydrogen (secondary N) is 1. The fourth-order valence-electron chi connectivity index (χ4n) is 2.41. The predicted molar refractivity (Wildman–Crippen MR) is 94.7 cm³/mol. The molecule has 2 rings (SSSR count). The molecule has 0 aliphatic heterocycles. The normalized spacial score (nSPS) is 10.1. The van der Waals surface area contributed by atoms with Crippen LogP contribution in [0.5, 0.6) is 17.2 Å². The molecule has 0 fully saturated rings. The van der Waals surface area contributed by atoms with Crippen molar-refractivity contribution < 1.29 is 23.9 Å². The van der Waals surface area contributed by atoms with Crippen LogP contribution in [-0.2, 0) is 17.8 Å². The summed E-state index contributed by atoms with van der Waals surface area (Å²) in [7, 11) is 4.59. The van der Waals surface area contributed by atoms with Crippen LogP contribution in [0.1, 0.15) is 11.1 Å². The Kier molecular flexibility index (Phi) is 6.37. The Hall–Kier alpha value is -3.29. The van der Waals surface area contributed by atoms with Crippen molar-refractivity contribution in [3.8, 4) is 17.2 Å². The van der Waals surface area contributed by atoms with Gasteiger partial charge in [0, 0.05) is 30.3 Å². The zero-order valence-electron chi connectivity index (χ0n) is 14.8. The SMILES string of the molecule is COc1cc(OC)c(OC)cc1CNC(=O)Cc1ccc([N+](=O)[O-])cc1. The van der Waals surface area contributed by atoms with Gasteiger partial charge in [-0.1, -0.05) is 12.1 Å². The van der Waals surface area contributed by atoms with Gasteiger partial charge in [0.25, 0.3) is 5.69 Å². The molecule has 2 aromatic rings. The molecule has 0 saturated carbocycles. The maximum atomic E-state index is 12.1. The van der Waals surface area contributed by atoms with Crippen molar-refractivity contribution in [3.05, 3.63) is 57.6 Å². The highest BCUT2D eigenvalue weighted by Gasteiger charge is 2.13. The molecule has 1 N–H and O–H groups in total. The van der Waals surface area contributed by atoms with Gasteiger partial charge in [0.05, 0.1) is 32.7 Å². The number of benzene rings is 2. The van der Waals surface area contributed by atoms with Crippen LogP contribution in [-0.4, -0.2) is 32.2 Å². The second kappa shape index (κ2) is 8.70. The number of nitro benzene ring substituents is 1. The van der Waals surface area contributed by atoms with Crippen molar-refractivity contribution in [2.45, 2.75) is 13.0 Å². The Morgan fingerprint density at radius 2 is 1.58 bits per heavy atom. The van der Waals surface area contributed by atoms with Crippen molar-refractivity contribution >= 4 is 11.6 Å². The van der Waals surface area contributed by atoms with Gasteiger partial charge in [-0.25, -0.2) is 0 Å². The summed E-state index contributed by atoms with van der Waals surface area (Å²) in [5.41, 5.74) is 1.42. The molecule has 26 heavy (non-hydrogen) atoms. The lowest BCUT2D eigenvalue weighted by molar-refractivity contribution is -0.384. The first-order valence-electron chi connectivity index (χ1n) is 7.77. The zero-order valence-corrected chi connectivity index (χ0v) is 14.8. The first-order valence-corrected chi connectivity index (χ1v) is 7.77. The number of carbonyl (C=O) groups excluding carboxylic acids is 1. The number of nitro groups is 1. The van der Waals surface area contributed by atoms with Gasteiger partial charge in [-0.3, -0.25) is 14.9 Å². The minimum absolute atomic E-state index is 0.00998. The average Bonchev–Trinajstić information content (AvgIpc) is 2.65. The van der Waals surface area contributed by atoms with Crippen molar-refractivity contribution in [1.82, 2.24) is 5.32 Å². The number of rotatable bonds is 8. The highest BCUT2D eigenvalue weighted by molar-refractivity contribution is 5.78. The molecule has 1 amide bonds. The van der Waals surface area contributed by atoms with Crippen molar-refractivity contribution in [2.24, 2.45) is 0 Å². The van der Waals surface area contributed by atoms with E-state index in [-0.39, 0.29) is 24.6 Å². The van der Waals surface area contributed by atoms with Gasteiger partial charge >= 0.3 is 0 Å². The van der Waals surface area contributed by atoms with Gasteiger partial charge in [-0.15, -0.1) is 0 Å². The third-order valence-corrected chi connectivity index (χ3v) is 3.77. The van der Waals surface area contributed by atoms with Gasteiger partial charge in [-0.05, 0) is 11.6 Å². The van der Waals surface area contributed by atoms with E-state index in [2.05, 4.69) is 5.32 Å². The molecular weight excluding hydrogens is 340 g/mol. The van der Waals surface area contributed by atoms with E-state index >= 15 is 0 Å². The van der Waals surface area contributed by atoms with E-state index in [0.29, 0.717) is 22.8 Å². The van der Waals surface area contributed by atoms with Crippen LogP contribution in [0.2, 0.25) is 0 Å². The number of amides is 1. The van der Waals surface area contributed by atoms with Crippen molar-refractivity contribution in [3.63, 3.8) is 0 Å². The monoisotopic (exact) mass is 360 g/mol. The van der Waals surface area contributed by atoms with Crippen LogP contribution in [0.25, 0.3) is 0 Å². The number of ether oxygens (including phenoxy) is 3. The summed E-state index contributed by atoms with van der Waals surface area (Å²) in [5.74, 6) is 1.42. The summed E-state index contributed by atoms with van der Waals surface area (Å²) in [6.45, 7) is 0.245. The minimum atomic E-state index is -0.479. The standard InChI is InChI=1S/C18H20N2O6/c1-24-15-10-17(26-3)16(25-2)9-13(15)11-19-18(21)8-12-4-6-14(7-5-12)20(22)23/h4-7,9-10H,8,11H2,1-3H3,(H,19,21). The van der Waals surface area contributed by atoms with Gasteiger partial charge < -0.3 is 19.5 Å². The second-order valence-electron chi connectivity index (χ2n) is 5.40. The Morgan fingerprint density at radius 3 is 2.12 bits per heavy atom. The molecule has 138 valence electrons. The summed E-state index contributed by atoms with van der Waals surface area (Å²) >= 11 is 0. The molecule has 0 aliphatic rings. The van der Waals surface area contributed by atoms with Gasteiger partial charge in [0.2, 0.25) is 5.91 Å². The highest BCUT2D eigenvalue weighted by Crippen LogP contribution is 2.34. The first kappa shape index (κ1) is 19.0. The predicted octanol–water partition coefficient (Wildman–Crippen LogP) is 2.48. The zero-order chi connectivity index (χ0) is 19.1. The Balaban J connectivity index is 2.03. The number of hydrogen-bond acceptors (Lipinski definition) is 6. The molecule has 2 aromatic carbocycles. The summed E-state index contributed by atoms with van der Waals surface area (Å²) < 4.78 is 15.8. The topological polar surface area (TPSA) is 99.9 Å². The van der Waals surface area contributed by atoms with E-state index in [1.807, 2.05) is 0 Å². The fourth-order valence-corrected chi connectivity index (χ4v) is 2.41. The number of carbonyl (C=O) groups is 1. The summed E-state index contributed by atoms with van der Waals surface area (Å²) in [6.07, 6.45) is 0.119. The molecule has 0 spiro atoms. The van der Waals surface area contributed by atoms with E-state index in [1.165, 1.54) is 33.5 Å². The molecule has 0 bridgehead atoms. The summed E-state index contributed by atoms with van der Waals surface area (Å²) in [6, 6.07) is 9.31. The second-order valence-corrected chi connectivity index (χ2v) is 5.40. The van der Waals surface area contributed by atoms with E-state index < -0.39 is 4.92 Å². The largest absolute Gasteiger partial charge is 0.496 e. The van der Waals surface area contributed by atoms with Crippen molar-refractivity contribution in [2.75, 3.05) is 21.3 Å². The molecule has 0 aromatic heterocycles. The fraction of sp³-hybridized carbons (Fsp3) is 0.278. The Morgan fingerprint density at radius 1 is 1.00 bits per heavy atom. The third-order valence-electron chi connectivity index (χ3n) is 3.77. The smallest absolute Gasteiger partial charge is 0.269 e. The molecule has 0 heterocycles. The Bertz CT molecular complexity index is 789. The van der Waals surface area contributed by atoms with Crippen molar-refractivity contribution in [1.29, 1.82) is 0 Å². The van der Waals surface area contributed by atoms with Crippen LogP contribution in [0.3, 0.4) is 0 Å². The van der Waals surface area contributed by atoms with E-state index in [0.717, 1.165) is 5.56 Å². The number of methoxy groups -OCH3 is 3. The summed E-state index contributed by atoms with van der Waals surface area (Å²) in [4.78, 5) is 22.3. The van der Waals surface area contributed by atoms with E-state index in [9.17, 15) is 14.9 Å². The van der Waals surface area contributed by atoms with Crippen LogP contribution in [0.4, 0.5) is 5.69 Å². The first-order chi connectivity index (χ1) is 12.5. The molecule has 0 saturated heterocycles. The summed E-state index contributed by atoms with van der Waals surface area (Å²) in [5, 5.41) is 13.4. The van der Waals surface area contributed by atoms with Crippen LogP contribution in [0, 0.1) is 10.1 Å². The lowest BCUT2D eigenvalue weighted by atomic mass is 10.1. The lowest BCUT2D eigenvalue weighted by Crippen LogP contribution is -2.24. The maximum absolute atomic E-state index is 12.1. The average molecular weight is 360 g/mol. The van der Waals surface area contributed by atoms with Crippen LogP contribution < -0.4 is 19.5 Å². The number of non-ortho nitro benzene ring substituents is 1. The Labute approximate surface area is 150 Å². The molecule has 0 radical (unpaired) electrons. The number of hydrogen-bond donors (Lipinski definition) is 1. The quantitative estimate of drug-likeness (QED) is 0.573. The molecule has 8 nitrogen and oxygen atoms in total. The molecule has 8 heteroatoms. The molecule has 0 unspecified atom stereocenters. The third kappa shape index (κ3) is 4.62. The highest BCUT2D eigenvalue weighted by atomic mass is 16.6. The molecule has 0 atom stereocenters. The minimum Gasteiger partial charge on any atom is -0.496 e. The van der Waals surface area contributed by atoms with Gasteiger partial charge in [-0.2, -0.15) is 0 Å². The maximum Gasteiger partial charge on any atom is 0.269 e. The lowest BCUT2D eigenvalue weighted by Gasteiger charge is -2.14. The molecule has 0 aliphatic carbocycles. The van der Waals surface area contributed by atoms with E-state index in [1.54, 1.807) is 24.3 Å². The van der Waals surface area contributed by atoms with Gasteiger partial charge in [0.15, 0.2) is 11.5 Å². The van der Waals surface area contributed by atoms with E-state index in [4.69, 9.17) is 14.2 Å².